The molecular weight excluding hydrogens is 299 g/mol. The zero-order valence-electron chi connectivity index (χ0n) is 10.6. The van der Waals surface area contributed by atoms with Crippen molar-refractivity contribution in [1.29, 1.82) is 0 Å². The average Bonchev–Trinajstić information content (AvgIpc) is 2.84. The molecule has 1 aliphatic heterocycles. The number of alkyl halides is 3. The van der Waals surface area contributed by atoms with Gasteiger partial charge in [0.15, 0.2) is 0 Å². The molecule has 1 saturated heterocycles. The van der Waals surface area contributed by atoms with E-state index in [9.17, 15) is 21.6 Å². The molecule has 0 aliphatic carbocycles. The summed E-state index contributed by atoms with van der Waals surface area (Å²) in [7, 11) is -3.92. The van der Waals surface area contributed by atoms with Gasteiger partial charge in [0.1, 0.15) is 11.4 Å². The molecule has 1 N–H and O–H groups in total. The molecule has 0 bridgehead atoms. The molecule has 0 amide bonds. The fourth-order valence-electron chi connectivity index (χ4n) is 1.88. The number of nitrogens with one attached hydrogen (secondary N) is 1. The maximum Gasteiger partial charge on any atom is 0.408 e. The summed E-state index contributed by atoms with van der Waals surface area (Å²) in [4.78, 5) is -0.296. The predicted octanol–water partition coefficient (Wildman–Crippen LogP) is 0.903. The highest BCUT2D eigenvalue weighted by molar-refractivity contribution is 7.89. The van der Waals surface area contributed by atoms with Crippen LogP contribution in [0.5, 0.6) is 0 Å². The summed E-state index contributed by atoms with van der Waals surface area (Å²) in [6.45, 7) is 1.01. The summed E-state index contributed by atoms with van der Waals surface area (Å²) in [5, 5.41) is 3.41. The lowest BCUT2D eigenvalue weighted by atomic mass is 10.0. The van der Waals surface area contributed by atoms with Crippen molar-refractivity contribution >= 4 is 10.0 Å². The van der Waals surface area contributed by atoms with Gasteiger partial charge in [-0.1, -0.05) is 0 Å². The number of rotatable bonds is 4. The number of hydrogen-bond donors (Lipinski definition) is 1. The second-order valence-corrected chi connectivity index (χ2v) is 6.64. The number of ether oxygens (including phenoxy) is 1. The first-order valence-electron chi connectivity index (χ1n) is 5.81. The zero-order valence-corrected chi connectivity index (χ0v) is 11.5. The van der Waals surface area contributed by atoms with E-state index < -0.39 is 28.3 Å². The third-order valence-electron chi connectivity index (χ3n) is 2.86. The lowest BCUT2D eigenvalue weighted by Gasteiger charge is -2.22. The molecule has 1 aromatic rings. The van der Waals surface area contributed by atoms with Gasteiger partial charge in [-0.15, -0.1) is 0 Å². The Kier molecular flexibility index (Phi) is 3.82. The molecular formula is C10H14F3N3O3S. The number of sulfonamides is 1. The minimum atomic E-state index is -4.45. The number of halogens is 3. The zero-order chi connectivity index (χ0) is 15.0. The van der Waals surface area contributed by atoms with Crippen molar-refractivity contribution in [2.75, 3.05) is 13.2 Å². The third kappa shape index (κ3) is 3.70. The van der Waals surface area contributed by atoms with E-state index in [1.807, 2.05) is 0 Å². The van der Waals surface area contributed by atoms with E-state index in [-0.39, 0.29) is 11.5 Å². The lowest BCUT2D eigenvalue weighted by molar-refractivity contribution is -0.142. The molecule has 6 nitrogen and oxygen atoms in total. The Labute approximate surface area is 114 Å². The van der Waals surface area contributed by atoms with Crippen LogP contribution in [0.3, 0.4) is 0 Å². The minimum Gasteiger partial charge on any atom is -0.379 e. The van der Waals surface area contributed by atoms with Crippen molar-refractivity contribution in [3.63, 3.8) is 0 Å². The molecule has 1 aromatic heterocycles. The fourth-order valence-corrected chi connectivity index (χ4v) is 3.26. The largest absolute Gasteiger partial charge is 0.408 e. The van der Waals surface area contributed by atoms with Crippen molar-refractivity contribution in [2.24, 2.45) is 0 Å². The Morgan fingerprint density at radius 2 is 2.25 bits per heavy atom. The van der Waals surface area contributed by atoms with E-state index in [1.54, 1.807) is 6.92 Å². The molecule has 0 saturated carbocycles. The predicted molar refractivity (Wildman–Crippen MR) is 62.4 cm³/mol. The summed E-state index contributed by atoms with van der Waals surface area (Å²) >= 11 is 0. The van der Waals surface area contributed by atoms with Crippen molar-refractivity contribution < 1.29 is 26.3 Å². The SMILES string of the molecule is CC1(NS(=O)(=O)c2cnn(CC(F)(F)F)c2)CCOC1. The highest BCUT2D eigenvalue weighted by Crippen LogP contribution is 2.22. The van der Waals surface area contributed by atoms with Crippen LogP contribution >= 0.6 is 0 Å². The molecule has 0 spiro atoms. The Hall–Kier alpha value is -1.13. The normalized spacial score (nSPS) is 24.2. The lowest BCUT2D eigenvalue weighted by Crippen LogP contribution is -2.46. The average molecular weight is 313 g/mol. The van der Waals surface area contributed by atoms with E-state index in [2.05, 4.69) is 9.82 Å². The van der Waals surface area contributed by atoms with E-state index in [4.69, 9.17) is 4.74 Å². The van der Waals surface area contributed by atoms with Gasteiger partial charge in [-0.3, -0.25) is 4.68 Å². The maximum absolute atomic E-state index is 12.2. The van der Waals surface area contributed by atoms with Crippen LogP contribution in [0.2, 0.25) is 0 Å². The third-order valence-corrected chi connectivity index (χ3v) is 4.45. The molecule has 114 valence electrons. The quantitative estimate of drug-likeness (QED) is 0.896. The van der Waals surface area contributed by atoms with Gasteiger partial charge in [-0.25, -0.2) is 13.1 Å². The molecule has 10 heteroatoms. The molecule has 1 aliphatic rings. The van der Waals surface area contributed by atoms with Gasteiger partial charge in [0.05, 0.1) is 18.3 Å². The molecule has 1 unspecified atom stereocenters. The van der Waals surface area contributed by atoms with Gasteiger partial charge < -0.3 is 4.74 Å². The monoisotopic (exact) mass is 313 g/mol. The first kappa shape index (κ1) is 15.3. The summed E-state index contributed by atoms with van der Waals surface area (Å²) < 4.78 is 68.8. The summed E-state index contributed by atoms with van der Waals surface area (Å²) in [5.41, 5.74) is -0.745. The summed E-state index contributed by atoms with van der Waals surface area (Å²) in [6.07, 6.45) is -2.20. The van der Waals surface area contributed by atoms with Crippen molar-refractivity contribution in [3.05, 3.63) is 12.4 Å². The van der Waals surface area contributed by atoms with Crippen LogP contribution in [0.15, 0.2) is 17.3 Å². The van der Waals surface area contributed by atoms with E-state index >= 15 is 0 Å². The molecule has 1 fully saturated rings. The summed E-state index contributed by atoms with van der Waals surface area (Å²) in [5.74, 6) is 0. The highest BCUT2D eigenvalue weighted by Gasteiger charge is 2.35. The highest BCUT2D eigenvalue weighted by atomic mass is 32.2. The Bertz CT molecular complexity index is 576. The minimum absolute atomic E-state index is 0.225. The van der Waals surface area contributed by atoms with Crippen LogP contribution < -0.4 is 4.72 Å². The smallest absolute Gasteiger partial charge is 0.379 e. The summed E-state index contributed by atoms with van der Waals surface area (Å²) in [6, 6.07) is 0. The topological polar surface area (TPSA) is 73.2 Å². The van der Waals surface area contributed by atoms with Crippen LogP contribution in [0.1, 0.15) is 13.3 Å². The molecule has 2 rings (SSSR count). The van der Waals surface area contributed by atoms with E-state index in [0.29, 0.717) is 17.7 Å². The van der Waals surface area contributed by atoms with Gasteiger partial charge in [0.2, 0.25) is 10.0 Å². The van der Waals surface area contributed by atoms with Gasteiger partial charge in [-0.05, 0) is 13.3 Å². The number of aromatic nitrogens is 2. The first-order chi connectivity index (χ1) is 9.10. The molecule has 1 atom stereocenters. The van der Waals surface area contributed by atoms with Crippen molar-refractivity contribution in [2.45, 2.75) is 36.5 Å². The second-order valence-electron chi connectivity index (χ2n) is 4.96. The van der Waals surface area contributed by atoms with Gasteiger partial charge in [-0.2, -0.15) is 18.3 Å². The fraction of sp³-hybridized carbons (Fsp3) is 0.700. The number of nitrogens with zero attached hydrogens (tertiary/aromatic N) is 2. The van der Waals surface area contributed by atoms with Crippen molar-refractivity contribution in [1.82, 2.24) is 14.5 Å². The molecule has 0 aromatic carbocycles. The molecule has 0 radical (unpaired) electrons. The van der Waals surface area contributed by atoms with Crippen LogP contribution in [0.25, 0.3) is 0 Å². The first-order valence-corrected chi connectivity index (χ1v) is 7.29. The van der Waals surface area contributed by atoms with Crippen LogP contribution in [-0.4, -0.2) is 43.1 Å². The van der Waals surface area contributed by atoms with Crippen LogP contribution in [0.4, 0.5) is 13.2 Å². The van der Waals surface area contributed by atoms with E-state index in [1.165, 1.54) is 0 Å². The Morgan fingerprint density at radius 3 is 2.80 bits per heavy atom. The van der Waals surface area contributed by atoms with Gasteiger partial charge >= 0.3 is 6.18 Å². The second kappa shape index (κ2) is 5.01. The van der Waals surface area contributed by atoms with Crippen LogP contribution in [0, 0.1) is 0 Å². The van der Waals surface area contributed by atoms with Crippen LogP contribution in [-0.2, 0) is 21.3 Å². The molecule has 2 heterocycles. The Morgan fingerprint density at radius 1 is 1.55 bits per heavy atom. The van der Waals surface area contributed by atoms with Gasteiger partial charge in [0.25, 0.3) is 0 Å². The standard InChI is InChI=1S/C10H14F3N3O3S/c1-9(2-3-19-7-9)15-20(17,18)8-4-14-16(5-8)6-10(11,12)13/h4-5,15H,2-3,6-7H2,1H3. The molecule has 20 heavy (non-hydrogen) atoms. The van der Waals surface area contributed by atoms with Crippen molar-refractivity contribution in [3.8, 4) is 0 Å². The van der Waals surface area contributed by atoms with Gasteiger partial charge in [0, 0.05) is 12.8 Å². The van der Waals surface area contributed by atoms with E-state index in [0.717, 1.165) is 12.4 Å². The number of hydrogen-bond acceptors (Lipinski definition) is 4. The Balaban J connectivity index is 2.14. The maximum atomic E-state index is 12.2.